The van der Waals surface area contributed by atoms with E-state index in [0.717, 1.165) is 25.1 Å². The van der Waals surface area contributed by atoms with E-state index in [9.17, 15) is 4.79 Å². The first-order chi connectivity index (χ1) is 11.2. The fourth-order valence-electron chi connectivity index (χ4n) is 5.04. The second-order valence-electron chi connectivity index (χ2n) is 6.84. The Morgan fingerprint density at radius 2 is 2.17 bits per heavy atom. The molecule has 4 aliphatic rings. The van der Waals surface area contributed by atoms with Crippen molar-refractivity contribution in [3.63, 3.8) is 0 Å². The van der Waals surface area contributed by atoms with Gasteiger partial charge in [-0.2, -0.15) is 0 Å². The maximum absolute atomic E-state index is 12.4. The van der Waals surface area contributed by atoms with Crippen LogP contribution in [-0.4, -0.2) is 48.8 Å². The van der Waals surface area contributed by atoms with Crippen LogP contribution in [0, 0.1) is 5.92 Å². The van der Waals surface area contributed by atoms with E-state index in [2.05, 4.69) is 11.0 Å². The Morgan fingerprint density at radius 1 is 1.30 bits per heavy atom. The summed E-state index contributed by atoms with van der Waals surface area (Å²) in [6, 6.07) is 0. The van der Waals surface area contributed by atoms with E-state index in [1.54, 1.807) is 7.11 Å². The first kappa shape index (κ1) is 14.8. The first-order valence-corrected chi connectivity index (χ1v) is 8.51. The number of nitrogens with zero attached hydrogens (tertiary/aromatic N) is 2. The highest BCUT2D eigenvalue weighted by Gasteiger charge is 2.55. The van der Waals surface area contributed by atoms with Crippen LogP contribution in [0.2, 0.25) is 0 Å². The molecule has 3 aliphatic heterocycles. The minimum absolute atomic E-state index is 0.0117. The van der Waals surface area contributed by atoms with Crippen molar-refractivity contribution in [1.29, 1.82) is 0 Å². The molecule has 0 aromatic carbocycles. The Hall–Kier alpha value is -1.75. The molecule has 2 unspecified atom stereocenters. The van der Waals surface area contributed by atoms with E-state index in [1.165, 1.54) is 37.5 Å². The predicted octanol–water partition coefficient (Wildman–Crippen LogP) is 2.38. The molecule has 1 saturated heterocycles. The van der Waals surface area contributed by atoms with E-state index in [4.69, 9.17) is 9.57 Å². The molecule has 5 heteroatoms. The zero-order valence-electron chi connectivity index (χ0n) is 13.9. The lowest BCUT2D eigenvalue weighted by molar-refractivity contribution is -0.138. The average molecular weight is 316 g/mol. The molecular weight excluding hydrogens is 292 g/mol. The summed E-state index contributed by atoms with van der Waals surface area (Å²) in [5, 5.41) is 1.81. The van der Waals surface area contributed by atoms with Crippen LogP contribution in [0.15, 0.2) is 35.2 Å². The molecule has 3 heterocycles. The van der Waals surface area contributed by atoms with E-state index < -0.39 is 0 Å². The molecule has 1 saturated carbocycles. The van der Waals surface area contributed by atoms with Crippen molar-refractivity contribution in [2.24, 2.45) is 5.92 Å². The molecule has 2 fully saturated rings. The lowest BCUT2D eigenvalue weighted by atomic mass is 9.66. The number of methoxy groups -OCH3 is 1. The molecule has 1 spiro atoms. The molecule has 0 aromatic heterocycles. The van der Waals surface area contributed by atoms with Crippen LogP contribution in [0.25, 0.3) is 0 Å². The quantitative estimate of drug-likeness (QED) is 0.732. The van der Waals surface area contributed by atoms with E-state index in [1.807, 2.05) is 17.3 Å². The van der Waals surface area contributed by atoms with Crippen molar-refractivity contribution >= 4 is 5.97 Å². The molecule has 0 amide bonds. The zero-order chi connectivity index (χ0) is 16.0. The molecule has 0 aromatic rings. The summed E-state index contributed by atoms with van der Waals surface area (Å²) in [5.74, 6) is 0.411. The Bertz CT molecular complexity index is 622. The van der Waals surface area contributed by atoms with Gasteiger partial charge in [-0.1, -0.05) is 12.8 Å². The van der Waals surface area contributed by atoms with Crippen LogP contribution in [0.5, 0.6) is 0 Å². The lowest BCUT2D eigenvalue weighted by Gasteiger charge is -2.51. The Labute approximate surface area is 137 Å². The second-order valence-corrected chi connectivity index (χ2v) is 6.84. The minimum atomic E-state index is -0.222. The van der Waals surface area contributed by atoms with Gasteiger partial charge < -0.3 is 9.64 Å². The minimum Gasteiger partial charge on any atom is -0.464 e. The van der Waals surface area contributed by atoms with Gasteiger partial charge in [0.1, 0.15) is 5.70 Å². The van der Waals surface area contributed by atoms with Crippen LogP contribution < -0.4 is 0 Å². The molecular formula is C18H24N2O3. The maximum Gasteiger partial charge on any atom is 0.354 e. The van der Waals surface area contributed by atoms with E-state index >= 15 is 0 Å². The Morgan fingerprint density at radius 3 is 2.96 bits per heavy atom. The van der Waals surface area contributed by atoms with Crippen molar-refractivity contribution < 1.29 is 14.4 Å². The normalized spacial score (nSPS) is 32.3. The summed E-state index contributed by atoms with van der Waals surface area (Å²) >= 11 is 0. The summed E-state index contributed by atoms with van der Waals surface area (Å²) in [4.78, 5) is 20.1. The smallest absolute Gasteiger partial charge is 0.354 e. The predicted molar refractivity (Wildman–Crippen MR) is 86.0 cm³/mol. The van der Waals surface area contributed by atoms with Gasteiger partial charge >= 0.3 is 5.97 Å². The molecule has 4 rings (SSSR count). The van der Waals surface area contributed by atoms with Gasteiger partial charge in [-0.3, -0.25) is 9.90 Å². The zero-order valence-corrected chi connectivity index (χ0v) is 13.9. The molecule has 1 aliphatic carbocycles. The highest BCUT2D eigenvalue weighted by atomic mass is 16.7. The molecule has 0 radical (unpaired) electrons. The molecule has 2 atom stereocenters. The first-order valence-electron chi connectivity index (χ1n) is 8.51. The van der Waals surface area contributed by atoms with Crippen molar-refractivity contribution in [2.75, 3.05) is 27.3 Å². The maximum atomic E-state index is 12.4. The van der Waals surface area contributed by atoms with Gasteiger partial charge in [-0.15, -0.1) is 0 Å². The SMILES string of the molecule is COC(=O)C1=CC2=C(C=CN(OC)C2)C23CCCCC2CCN13. The number of rotatable bonds is 2. The molecule has 5 nitrogen and oxygen atoms in total. The number of hydroxylamine groups is 2. The third-order valence-electron chi connectivity index (χ3n) is 6.00. The summed E-state index contributed by atoms with van der Waals surface area (Å²) < 4.78 is 5.07. The van der Waals surface area contributed by atoms with Gasteiger partial charge in [0.15, 0.2) is 0 Å². The summed E-state index contributed by atoms with van der Waals surface area (Å²) in [7, 11) is 3.14. The fourth-order valence-corrected chi connectivity index (χ4v) is 5.04. The van der Waals surface area contributed by atoms with Crippen molar-refractivity contribution in [3.8, 4) is 0 Å². The van der Waals surface area contributed by atoms with Gasteiger partial charge in [0.05, 0.1) is 26.3 Å². The monoisotopic (exact) mass is 316 g/mol. The summed E-state index contributed by atoms with van der Waals surface area (Å²) in [5.41, 5.74) is 3.30. The van der Waals surface area contributed by atoms with Crippen molar-refractivity contribution in [2.45, 2.75) is 37.6 Å². The second kappa shape index (κ2) is 5.41. The van der Waals surface area contributed by atoms with Gasteiger partial charge in [0.25, 0.3) is 0 Å². The van der Waals surface area contributed by atoms with Crippen LogP contribution in [0.1, 0.15) is 32.1 Å². The third kappa shape index (κ3) is 1.99. The summed E-state index contributed by atoms with van der Waals surface area (Å²) in [6.07, 6.45) is 12.3. The lowest BCUT2D eigenvalue weighted by Crippen LogP contribution is -2.54. The number of carbonyl (C=O) groups excluding carboxylic acids is 1. The fraction of sp³-hybridized carbons (Fsp3) is 0.611. The van der Waals surface area contributed by atoms with Crippen molar-refractivity contribution in [1.82, 2.24) is 9.96 Å². The number of carbonyl (C=O) groups is 1. The topological polar surface area (TPSA) is 42.0 Å². The van der Waals surface area contributed by atoms with Crippen LogP contribution in [-0.2, 0) is 14.4 Å². The number of ether oxygens (including phenoxy) is 1. The van der Waals surface area contributed by atoms with Crippen LogP contribution in [0.4, 0.5) is 0 Å². The Kier molecular flexibility index (Phi) is 3.48. The molecule has 124 valence electrons. The Balaban J connectivity index is 1.84. The molecule has 23 heavy (non-hydrogen) atoms. The van der Waals surface area contributed by atoms with E-state index in [0.29, 0.717) is 12.5 Å². The number of hydrogen-bond donors (Lipinski definition) is 0. The average Bonchev–Trinajstić information content (AvgIpc) is 3.00. The third-order valence-corrected chi connectivity index (χ3v) is 6.00. The standard InChI is InChI=1S/C18H24N2O3/c1-22-17(21)16-11-13-12-19(23-2)9-7-15(13)18-8-4-3-5-14(18)6-10-20(16)18/h7,9,11,14H,3-6,8,10,12H2,1-2H3. The van der Waals surface area contributed by atoms with Crippen molar-refractivity contribution in [3.05, 3.63) is 35.2 Å². The van der Waals surface area contributed by atoms with Gasteiger partial charge in [-0.05, 0) is 48.5 Å². The van der Waals surface area contributed by atoms with E-state index in [-0.39, 0.29) is 11.5 Å². The van der Waals surface area contributed by atoms with Crippen LogP contribution in [0.3, 0.4) is 0 Å². The highest BCUT2D eigenvalue weighted by Crippen LogP contribution is 2.54. The summed E-state index contributed by atoms with van der Waals surface area (Å²) in [6.45, 7) is 1.63. The molecule has 0 bridgehead atoms. The number of esters is 1. The van der Waals surface area contributed by atoms with Gasteiger partial charge in [-0.25, -0.2) is 4.79 Å². The number of hydrogen-bond acceptors (Lipinski definition) is 5. The largest absolute Gasteiger partial charge is 0.464 e. The van der Waals surface area contributed by atoms with Gasteiger partial charge in [0, 0.05) is 12.7 Å². The molecule has 0 N–H and O–H groups in total. The van der Waals surface area contributed by atoms with Crippen LogP contribution >= 0.6 is 0 Å². The highest BCUT2D eigenvalue weighted by molar-refractivity contribution is 5.89. The van der Waals surface area contributed by atoms with Gasteiger partial charge in [0.2, 0.25) is 0 Å².